The molecule has 0 radical (unpaired) electrons. The maximum atomic E-state index is 11.8. The zero-order valence-electron chi connectivity index (χ0n) is 13.1. The van der Waals surface area contributed by atoms with Gasteiger partial charge in [0.05, 0.1) is 6.21 Å². The molecule has 128 valence electrons. The molecule has 2 aromatic rings. The molecule has 2 amide bonds. The van der Waals surface area contributed by atoms with Crippen LogP contribution in [-0.2, 0) is 16.1 Å². The molecule has 0 bridgehead atoms. The Bertz CT molecular complexity index is 818. The fourth-order valence-corrected chi connectivity index (χ4v) is 2.09. The highest BCUT2D eigenvalue weighted by atomic mass is 16.7. The molecule has 0 fully saturated rings. The van der Waals surface area contributed by atoms with Gasteiger partial charge in [-0.15, -0.1) is 0 Å². The predicted molar refractivity (Wildman–Crippen MR) is 88.3 cm³/mol. The molecule has 1 aliphatic heterocycles. The van der Waals surface area contributed by atoms with Gasteiger partial charge in [-0.3, -0.25) is 9.59 Å². The molecule has 0 spiro atoms. The second-order valence-corrected chi connectivity index (χ2v) is 5.16. The van der Waals surface area contributed by atoms with Gasteiger partial charge in [-0.25, -0.2) is 5.43 Å². The number of hydrogen-bond acceptors (Lipinski definition) is 6. The maximum absolute atomic E-state index is 11.8. The number of carbonyl (C=O) groups is 2. The van der Waals surface area contributed by atoms with Gasteiger partial charge in [0.15, 0.2) is 11.5 Å². The number of phenols is 1. The van der Waals surface area contributed by atoms with Crippen LogP contribution in [-0.4, -0.2) is 29.9 Å². The number of ether oxygens (including phenoxy) is 2. The topological polar surface area (TPSA) is 109 Å². The van der Waals surface area contributed by atoms with E-state index in [0.717, 1.165) is 5.56 Å². The largest absolute Gasteiger partial charge is 0.508 e. The van der Waals surface area contributed by atoms with E-state index >= 15 is 0 Å². The maximum Gasteiger partial charge on any atom is 0.329 e. The molecule has 1 aliphatic rings. The molecular weight excluding hydrogens is 326 g/mol. The molecule has 0 aromatic heterocycles. The van der Waals surface area contributed by atoms with Crippen LogP contribution in [0.3, 0.4) is 0 Å². The van der Waals surface area contributed by atoms with Crippen LogP contribution >= 0.6 is 0 Å². The highest BCUT2D eigenvalue weighted by Crippen LogP contribution is 2.32. The fourth-order valence-electron chi connectivity index (χ4n) is 2.09. The molecule has 8 nitrogen and oxygen atoms in total. The molecule has 2 aromatic carbocycles. The number of fused-ring (bicyclic) bond motifs is 1. The first-order valence-corrected chi connectivity index (χ1v) is 7.40. The summed E-state index contributed by atoms with van der Waals surface area (Å²) in [6.45, 7) is 0.344. The van der Waals surface area contributed by atoms with Crippen LogP contribution < -0.4 is 20.2 Å². The van der Waals surface area contributed by atoms with Crippen molar-refractivity contribution in [3.05, 3.63) is 53.6 Å². The molecular formula is C17H15N3O5. The van der Waals surface area contributed by atoms with E-state index in [-0.39, 0.29) is 19.1 Å². The molecule has 1 heterocycles. The molecule has 8 heteroatoms. The van der Waals surface area contributed by atoms with Gasteiger partial charge in [-0.2, -0.15) is 5.10 Å². The smallest absolute Gasteiger partial charge is 0.329 e. The Balaban J connectivity index is 1.47. The van der Waals surface area contributed by atoms with Crippen molar-refractivity contribution >= 4 is 18.0 Å². The quantitative estimate of drug-likeness (QED) is 0.435. The van der Waals surface area contributed by atoms with Gasteiger partial charge < -0.3 is 19.9 Å². The van der Waals surface area contributed by atoms with Gasteiger partial charge in [0.2, 0.25) is 6.79 Å². The van der Waals surface area contributed by atoms with E-state index in [1.54, 1.807) is 30.3 Å². The highest BCUT2D eigenvalue weighted by Gasteiger charge is 2.15. The number of nitrogens with one attached hydrogen (secondary N) is 2. The lowest BCUT2D eigenvalue weighted by atomic mass is 10.2. The summed E-state index contributed by atoms with van der Waals surface area (Å²) in [6, 6.07) is 11.5. The van der Waals surface area contributed by atoms with Crippen LogP contribution in [0.25, 0.3) is 0 Å². The third-order valence-electron chi connectivity index (χ3n) is 3.37. The summed E-state index contributed by atoms with van der Waals surface area (Å²) in [5, 5.41) is 15.3. The van der Waals surface area contributed by atoms with Gasteiger partial charge in [-0.05, 0) is 47.5 Å². The van der Waals surface area contributed by atoms with Gasteiger partial charge in [0.1, 0.15) is 5.75 Å². The molecule has 0 saturated heterocycles. The minimum Gasteiger partial charge on any atom is -0.508 e. The van der Waals surface area contributed by atoms with Crippen LogP contribution in [0.15, 0.2) is 47.6 Å². The van der Waals surface area contributed by atoms with Crippen molar-refractivity contribution in [3.63, 3.8) is 0 Å². The average molecular weight is 341 g/mol. The first kappa shape index (κ1) is 16.3. The number of aromatic hydroxyl groups is 1. The van der Waals surface area contributed by atoms with Gasteiger partial charge in [0, 0.05) is 6.54 Å². The van der Waals surface area contributed by atoms with Crippen LogP contribution in [0.4, 0.5) is 0 Å². The lowest BCUT2D eigenvalue weighted by Crippen LogP contribution is -2.37. The lowest BCUT2D eigenvalue weighted by molar-refractivity contribution is -0.139. The van der Waals surface area contributed by atoms with Crippen molar-refractivity contribution in [1.82, 2.24) is 10.7 Å². The summed E-state index contributed by atoms with van der Waals surface area (Å²) in [5.74, 6) is -0.300. The van der Waals surface area contributed by atoms with Crippen molar-refractivity contribution in [2.45, 2.75) is 6.54 Å². The van der Waals surface area contributed by atoms with Gasteiger partial charge in [0.25, 0.3) is 0 Å². The first-order valence-electron chi connectivity index (χ1n) is 7.40. The number of phenolic OH excluding ortho intramolecular Hbond substituents is 1. The van der Waals surface area contributed by atoms with E-state index in [4.69, 9.17) is 14.6 Å². The molecule has 0 unspecified atom stereocenters. The summed E-state index contributed by atoms with van der Waals surface area (Å²) < 4.78 is 10.4. The minimum absolute atomic E-state index is 0.129. The normalized spacial score (nSPS) is 12.2. The van der Waals surface area contributed by atoms with E-state index in [2.05, 4.69) is 15.8 Å². The number of hydrazone groups is 1. The highest BCUT2D eigenvalue weighted by molar-refractivity contribution is 6.35. The van der Waals surface area contributed by atoms with E-state index in [0.29, 0.717) is 17.1 Å². The second kappa shape index (κ2) is 7.35. The standard InChI is InChI=1S/C17H15N3O5/c21-13-4-1-11(2-5-13)9-19-20-17(23)16(22)18-8-12-3-6-14-15(7-12)25-10-24-14/h1-7,9,21H,8,10H2,(H,18,22)(H,20,23)/b19-9+. The Morgan fingerprint density at radius 2 is 1.84 bits per heavy atom. The molecule has 25 heavy (non-hydrogen) atoms. The Labute approximate surface area is 143 Å². The number of amides is 2. The summed E-state index contributed by atoms with van der Waals surface area (Å²) >= 11 is 0. The van der Waals surface area contributed by atoms with Gasteiger partial charge in [-0.1, -0.05) is 6.07 Å². The minimum atomic E-state index is -0.879. The summed E-state index contributed by atoms with van der Waals surface area (Å²) in [5.41, 5.74) is 3.58. The number of benzene rings is 2. The van der Waals surface area contributed by atoms with E-state index in [1.807, 2.05) is 0 Å². The summed E-state index contributed by atoms with van der Waals surface area (Å²) in [4.78, 5) is 23.4. The predicted octanol–water partition coefficient (Wildman–Crippen LogP) is 0.887. The molecule has 0 aliphatic carbocycles. The number of rotatable bonds is 4. The molecule has 3 rings (SSSR count). The van der Waals surface area contributed by atoms with Crippen LogP contribution in [0.5, 0.6) is 17.2 Å². The molecule has 3 N–H and O–H groups in total. The Morgan fingerprint density at radius 1 is 1.08 bits per heavy atom. The summed E-state index contributed by atoms with van der Waals surface area (Å²) in [6.07, 6.45) is 1.36. The van der Waals surface area contributed by atoms with Crippen LogP contribution in [0.1, 0.15) is 11.1 Å². The monoisotopic (exact) mass is 341 g/mol. The van der Waals surface area contributed by atoms with Crippen LogP contribution in [0.2, 0.25) is 0 Å². The zero-order chi connectivity index (χ0) is 17.6. The van der Waals surface area contributed by atoms with E-state index < -0.39 is 11.8 Å². The number of nitrogens with zero attached hydrogens (tertiary/aromatic N) is 1. The summed E-state index contributed by atoms with van der Waals surface area (Å²) in [7, 11) is 0. The van der Waals surface area contributed by atoms with Crippen molar-refractivity contribution < 1.29 is 24.2 Å². The molecule has 0 saturated carbocycles. The van der Waals surface area contributed by atoms with Crippen molar-refractivity contribution in [1.29, 1.82) is 0 Å². The Hall–Kier alpha value is -3.55. The van der Waals surface area contributed by atoms with E-state index in [9.17, 15) is 9.59 Å². The third kappa shape index (κ3) is 4.25. The van der Waals surface area contributed by atoms with Crippen molar-refractivity contribution in [2.75, 3.05) is 6.79 Å². The fraction of sp³-hybridized carbons (Fsp3) is 0.118. The first-order chi connectivity index (χ1) is 12.1. The average Bonchev–Trinajstić information content (AvgIpc) is 3.09. The SMILES string of the molecule is O=C(NCc1ccc2c(c1)OCO2)C(=O)N/N=C/c1ccc(O)cc1. The van der Waals surface area contributed by atoms with Crippen molar-refractivity contribution in [2.24, 2.45) is 5.10 Å². The molecule has 0 atom stereocenters. The van der Waals surface area contributed by atoms with Crippen LogP contribution in [0, 0.1) is 0 Å². The third-order valence-corrected chi connectivity index (χ3v) is 3.37. The Morgan fingerprint density at radius 3 is 2.64 bits per heavy atom. The number of hydrogen-bond donors (Lipinski definition) is 3. The second-order valence-electron chi connectivity index (χ2n) is 5.16. The van der Waals surface area contributed by atoms with E-state index in [1.165, 1.54) is 18.3 Å². The Kier molecular flexibility index (Phi) is 4.79. The zero-order valence-corrected chi connectivity index (χ0v) is 13.1. The van der Waals surface area contributed by atoms with Crippen molar-refractivity contribution in [3.8, 4) is 17.2 Å². The number of carbonyl (C=O) groups excluding carboxylic acids is 2. The van der Waals surface area contributed by atoms with Gasteiger partial charge >= 0.3 is 11.8 Å². The lowest BCUT2D eigenvalue weighted by Gasteiger charge is -2.05.